The van der Waals surface area contributed by atoms with Crippen molar-refractivity contribution in [1.82, 2.24) is 10.6 Å². The molecule has 0 aliphatic heterocycles. The Kier molecular flexibility index (Phi) is 5.63. The topological polar surface area (TPSA) is 79.6 Å². The van der Waals surface area contributed by atoms with Gasteiger partial charge in [0.15, 0.2) is 5.96 Å². The molecular weight excluding hydrogens is 232 g/mol. The van der Waals surface area contributed by atoms with Crippen molar-refractivity contribution in [2.75, 3.05) is 13.6 Å². The molecule has 2 N–H and O–H groups in total. The number of rotatable bonds is 5. The molecule has 0 fully saturated rings. The van der Waals surface area contributed by atoms with Gasteiger partial charge in [-0.05, 0) is 12.0 Å². The zero-order valence-corrected chi connectivity index (χ0v) is 10.6. The van der Waals surface area contributed by atoms with E-state index in [0.717, 1.165) is 18.5 Å². The van der Waals surface area contributed by atoms with Crippen LogP contribution in [0.15, 0.2) is 29.3 Å². The maximum absolute atomic E-state index is 10.6. The molecule has 0 atom stereocenters. The van der Waals surface area contributed by atoms with Crippen molar-refractivity contribution in [2.45, 2.75) is 19.9 Å². The largest absolute Gasteiger partial charge is 0.356 e. The second-order valence-corrected chi connectivity index (χ2v) is 3.78. The molecule has 1 aromatic rings. The van der Waals surface area contributed by atoms with Crippen molar-refractivity contribution in [1.29, 1.82) is 0 Å². The van der Waals surface area contributed by atoms with Crippen LogP contribution in [0.1, 0.15) is 18.9 Å². The fourth-order valence-electron chi connectivity index (χ4n) is 1.43. The molecule has 1 rings (SSSR count). The lowest BCUT2D eigenvalue weighted by molar-refractivity contribution is -0.384. The lowest BCUT2D eigenvalue weighted by atomic mass is 10.2. The summed E-state index contributed by atoms with van der Waals surface area (Å²) in [5.41, 5.74) is 0.953. The minimum Gasteiger partial charge on any atom is -0.356 e. The summed E-state index contributed by atoms with van der Waals surface area (Å²) in [7, 11) is 1.69. The molecule has 6 heteroatoms. The summed E-state index contributed by atoms with van der Waals surface area (Å²) in [5, 5.41) is 16.9. The third kappa shape index (κ3) is 4.40. The van der Waals surface area contributed by atoms with Crippen LogP contribution in [0.4, 0.5) is 5.69 Å². The minimum atomic E-state index is -0.395. The van der Waals surface area contributed by atoms with Crippen LogP contribution in [0.3, 0.4) is 0 Å². The van der Waals surface area contributed by atoms with Crippen molar-refractivity contribution in [2.24, 2.45) is 4.99 Å². The highest BCUT2D eigenvalue weighted by Crippen LogP contribution is 2.12. The Morgan fingerprint density at radius 3 is 2.83 bits per heavy atom. The maximum Gasteiger partial charge on any atom is 0.269 e. The van der Waals surface area contributed by atoms with E-state index in [-0.39, 0.29) is 5.69 Å². The molecule has 0 aliphatic rings. The predicted octanol–water partition coefficient (Wildman–Crippen LogP) is 1.67. The van der Waals surface area contributed by atoms with E-state index in [2.05, 4.69) is 22.5 Å². The summed E-state index contributed by atoms with van der Waals surface area (Å²) in [6.07, 6.45) is 1.01. The van der Waals surface area contributed by atoms with Gasteiger partial charge >= 0.3 is 0 Å². The number of hydrogen-bond donors (Lipinski definition) is 2. The average molecular weight is 250 g/mol. The Labute approximate surface area is 106 Å². The fourth-order valence-corrected chi connectivity index (χ4v) is 1.43. The lowest BCUT2D eigenvalue weighted by Gasteiger charge is -2.10. The monoisotopic (exact) mass is 250 g/mol. The molecule has 0 aliphatic carbocycles. The van der Waals surface area contributed by atoms with E-state index in [0.29, 0.717) is 12.5 Å². The molecule has 0 unspecified atom stereocenters. The van der Waals surface area contributed by atoms with Gasteiger partial charge in [0.1, 0.15) is 0 Å². The van der Waals surface area contributed by atoms with Crippen LogP contribution in [-0.4, -0.2) is 24.5 Å². The average Bonchev–Trinajstić information content (AvgIpc) is 2.39. The molecule has 0 spiro atoms. The van der Waals surface area contributed by atoms with Crippen LogP contribution >= 0.6 is 0 Å². The van der Waals surface area contributed by atoms with E-state index >= 15 is 0 Å². The third-order valence-corrected chi connectivity index (χ3v) is 2.35. The summed E-state index contributed by atoms with van der Waals surface area (Å²) in [5.74, 6) is 0.698. The van der Waals surface area contributed by atoms with Crippen LogP contribution in [0.2, 0.25) is 0 Å². The van der Waals surface area contributed by atoms with Crippen molar-refractivity contribution < 1.29 is 4.92 Å². The lowest BCUT2D eigenvalue weighted by Crippen LogP contribution is -2.37. The first-order valence-electron chi connectivity index (χ1n) is 5.85. The molecule has 0 amide bonds. The summed E-state index contributed by atoms with van der Waals surface area (Å²) >= 11 is 0. The number of nitro groups is 1. The smallest absolute Gasteiger partial charge is 0.269 e. The first-order valence-corrected chi connectivity index (χ1v) is 5.85. The molecule has 0 bridgehead atoms. The number of non-ortho nitro benzene ring substituents is 1. The highest BCUT2D eigenvalue weighted by molar-refractivity contribution is 5.79. The molecular formula is C12H18N4O2. The SMILES string of the molecule is CCCNC(=NC)NCc1cccc([N+](=O)[O-])c1. The van der Waals surface area contributed by atoms with Crippen LogP contribution < -0.4 is 10.6 Å². The van der Waals surface area contributed by atoms with Gasteiger partial charge in [-0.25, -0.2) is 0 Å². The first-order chi connectivity index (χ1) is 8.67. The Hall–Kier alpha value is -2.11. The number of nitrogens with one attached hydrogen (secondary N) is 2. The van der Waals surface area contributed by atoms with E-state index in [1.54, 1.807) is 19.2 Å². The van der Waals surface area contributed by atoms with Crippen LogP contribution in [0, 0.1) is 10.1 Å². The molecule has 0 saturated carbocycles. The standard InChI is InChI=1S/C12H18N4O2/c1-3-7-14-12(13-2)15-9-10-5-4-6-11(8-10)16(17)18/h4-6,8H,3,7,9H2,1-2H3,(H2,13,14,15). The maximum atomic E-state index is 10.6. The Morgan fingerprint density at radius 1 is 1.44 bits per heavy atom. The van der Waals surface area contributed by atoms with E-state index in [4.69, 9.17) is 0 Å². The quantitative estimate of drug-likeness (QED) is 0.360. The number of guanidine groups is 1. The van der Waals surface area contributed by atoms with Gasteiger partial charge < -0.3 is 10.6 Å². The fraction of sp³-hybridized carbons (Fsp3) is 0.417. The third-order valence-electron chi connectivity index (χ3n) is 2.35. The van der Waals surface area contributed by atoms with Gasteiger partial charge in [0.25, 0.3) is 5.69 Å². The highest BCUT2D eigenvalue weighted by atomic mass is 16.6. The van der Waals surface area contributed by atoms with Crippen molar-refractivity contribution in [3.63, 3.8) is 0 Å². The summed E-state index contributed by atoms with van der Waals surface area (Å²) in [6, 6.07) is 6.55. The van der Waals surface area contributed by atoms with E-state index in [9.17, 15) is 10.1 Å². The van der Waals surface area contributed by atoms with Crippen molar-refractivity contribution >= 4 is 11.6 Å². The molecule has 98 valence electrons. The molecule has 0 radical (unpaired) electrons. The van der Waals surface area contributed by atoms with Crippen molar-refractivity contribution in [3.8, 4) is 0 Å². The molecule has 0 heterocycles. The van der Waals surface area contributed by atoms with E-state index in [1.165, 1.54) is 6.07 Å². The van der Waals surface area contributed by atoms with Gasteiger partial charge in [0.2, 0.25) is 0 Å². The minimum absolute atomic E-state index is 0.103. The Balaban J connectivity index is 2.57. The number of benzene rings is 1. The van der Waals surface area contributed by atoms with Gasteiger partial charge in [-0.15, -0.1) is 0 Å². The van der Waals surface area contributed by atoms with Crippen molar-refractivity contribution in [3.05, 3.63) is 39.9 Å². The van der Waals surface area contributed by atoms with Crippen LogP contribution in [-0.2, 0) is 6.54 Å². The zero-order chi connectivity index (χ0) is 13.4. The number of nitrogens with zero attached hydrogens (tertiary/aromatic N) is 2. The normalized spacial score (nSPS) is 11.1. The second kappa shape index (κ2) is 7.26. The molecule has 18 heavy (non-hydrogen) atoms. The Bertz CT molecular complexity index is 432. The zero-order valence-electron chi connectivity index (χ0n) is 10.6. The van der Waals surface area contributed by atoms with Gasteiger partial charge in [0.05, 0.1) is 4.92 Å². The Morgan fingerprint density at radius 2 is 2.22 bits per heavy atom. The molecule has 0 saturated heterocycles. The van der Waals surface area contributed by atoms with E-state index in [1.807, 2.05) is 6.07 Å². The summed E-state index contributed by atoms with van der Waals surface area (Å²) in [4.78, 5) is 14.3. The summed E-state index contributed by atoms with van der Waals surface area (Å²) in [6.45, 7) is 3.42. The van der Waals surface area contributed by atoms with Gasteiger partial charge in [-0.1, -0.05) is 19.1 Å². The van der Waals surface area contributed by atoms with Gasteiger partial charge in [-0.2, -0.15) is 0 Å². The number of nitro benzene ring substituents is 1. The first kappa shape index (κ1) is 14.0. The molecule has 1 aromatic carbocycles. The molecule has 6 nitrogen and oxygen atoms in total. The molecule has 0 aromatic heterocycles. The number of aliphatic imine (C=N–C) groups is 1. The number of hydrogen-bond acceptors (Lipinski definition) is 3. The highest BCUT2D eigenvalue weighted by Gasteiger charge is 2.05. The summed E-state index contributed by atoms with van der Waals surface area (Å²) < 4.78 is 0. The van der Waals surface area contributed by atoms with Crippen LogP contribution in [0.5, 0.6) is 0 Å². The van der Waals surface area contributed by atoms with Gasteiger partial charge in [0, 0.05) is 32.3 Å². The second-order valence-electron chi connectivity index (χ2n) is 3.78. The van der Waals surface area contributed by atoms with Gasteiger partial charge in [-0.3, -0.25) is 15.1 Å². The predicted molar refractivity (Wildman–Crippen MR) is 71.6 cm³/mol. The van der Waals surface area contributed by atoms with Crippen LogP contribution in [0.25, 0.3) is 0 Å². The van der Waals surface area contributed by atoms with E-state index < -0.39 is 4.92 Å².